The van der Waals surface area contributed by atoms with E-state index in [0.717, 1.165) is 18.6 Å². The summed E-state index contributed by atoms with van der Waals surface area (Å²) in [5.74, 6) is 0.504. The van der Waals surface area contributed by atoms with E-state index in [9.17, 15) is 13.2 Å². The van der Waals surface area contributed by atoms with Crippen LogP contribution in [0.4, 0.5) is 5.69 Å². The Balaban J connectivity index is 1.46. The first kappa shape index (κ1) is 18.7. The fourth-order valence-electron chi connectivity index (χ4n) is 3.39. The molecule has 28 heavy (non-hydrogen) atoms. The molecule has 2 atom stereocenters. The van der Waals surface area contributed by atoms with Gasteiger partial charge in [0.25, 0.3) is 15.9 Å². The second-order valence-corrected chi connectivity index (χ2v) is 8.94. The minimum absolute atomic E-state index is 0.00791. The summed E-state index contributed by atoms with van der Waals surface area (Å²) in [5.41, 5.74) is 4.13. The van der Waals surface area contributed by atoms with E-state index in [1.165, 1.54) is 18.2 Å². The van der Waals surface area contributed by atoms with Crippen LogP contribution >= 0.6 is 11.6 Å². The third-order valence-corrected chi connectivity index (χ3v) is 6.60. The van der Waals surface area contributed by atoms with E-state index >= 15 is 0 Å². The molecule has 2 unspecified atom stereocenters. The quantitative estimate of drug-likeness (QED) is 0.574. The third kappa shape index (κ3) is 3.81. The van der Waals surface area contributed by atoms with Gasteiger partial charge in [-0.05, 0) is 61.2 Å². The lowest BCUT2D eigenvalue weighted by Crippen LogP contribution is -2.35. The number of hydrazone groups is 1. The zero-order valence-corrected chi connectivity index (χ0v) is 16.4. The third-order valence-electron chi connectivity index (χ3n) is 4.97. The summed E-state index contributed by atoms with van der Waals surface area (Å²) < 4.78 is 27.7. The van der Waals surface area contributed by atoms with Crippen molar-refractivity contribution in [3.63, 3.8) is 0 Å². The SMILES string of the molecule is O=C(N/N=C1\CC2C=CCC12)c1cccc(S(=O)(=O)Nc2ccc(Cl)cc2)c1. The number of sulfonamides is 1. The average Bonchev–Trinajstić information content (AvgIpc) is 3.04. The van der Waals surface area contributed by atoms with Crippen LogP contribution in [0.2, 0.25) is 5.02 Å². The van der Waals surface area contributed by atoms with Crippen molar-refractivity contribution < 1.29 is 13.2 Å². The molecular formula is C20H18ClN3O3S. The summed E-state index contributed by atoms with van der Waals surface area (Å²) in [7, 11) is -3.84. The van der Waals surface area contributed by atoms with Gasteiger partial charge in [0.2, 0.25) is 0 Å². The zero-order chi connectivity index (χ0) is 19.7. The number of fused-ring (bicyclic) bond motifs is 1. The van der Waals surface area contributed by atoms with Crippen LogP contribution in [0, 0.1) is 11.8 Å². The number of hydrogen-bond donors (Lipinski definition) is 2. The molecule has 2 aromatic rings. The number of carbonyl (C=O) groups is 1. The van der Waals surface area contributed by atoms with Gasteiger partial charge in [-0.3, -0.25) is 9.52 Å². The van der Waals surface area contributed by atoms with E-state index < -0.39 is 15.9 Å². The van der Waals surface area contributed by atoms with Crippen LogP contribution in [0.25, 0.3) is 0 Å². The Morgan fingerprint density at radius 1 is 1.14 bits per heavy atom. The fraction of sp³-hybridized carbons (Fsp3) is 0.200. The van der Waals surface area contributed by atoms with Crippen molar-refractivity contribution in [1.82, 2.24) is 5.43 Å². The number of carbonyl (C=O) groups excluding carboxylic acids is 1. The Morgan fingerprint density at radius 2 is 1.93 bits per heavy atom. The Labute approximate surface area is 168 Å². The molecule has 6 nitrogen and oxygen atoms in total. The molecule has 2 N–H and O–H groups in total. The number of hydrogen-bond acceptors (Lipinski definition) is 4. The lowest BCUT2D eigenvalue weighted by molar-refractivity contribution is 0.0953. The molecule has 1 fully saturated rings. The number of benzene rings is 2. The predicted octanol–water partition coefficient (Wildman–Crippen LogP) is 3.82. The molecule has 0 radical (unpaired) electrons. The molecule has 0 saturated heterocycles. The minimum atomic E-state index is -3.84. The Bertz CT molecular complexity index is 1080. The van der Waals surface area contributed by atoms with E-state index in [2.05, 4.69) is 27.4 Å². The summed E-state index contributed by atoms with van der Waals surface area (Å²) in [5, 5.41) is 4.72. The molecule has 2 aliphatic carbocycles. The van der Waals surface area contributed by atoms with E-state index in [1.807, 2.05) is 0 Å². The van der Waals surface area contributed by atoms with Crippen molar-refractivity contribution in [2.45, 2.75) is 17.7 Å². The van der Waals surface area contributed by atoms with Crippen LogP contribution in [-0.4, -0.2) is 20.0 Å². The summed E-state index contributed by atoms with van der Waals surface area (Å²) in [6.45, 7) is 0. The molecule has 8 heteroatoms. The molecule has 4 rings (SSSR count). The van der Waals surface area contributed by atoms with Crippen molar-refractivity contribution in [3.8, 4) is 0 Å². The predicted molar refractivity (Wildman–Crippen MR) is 109 cm³/mol. The van der Waals surface area contributed by atoms with Gasteiger partial charge in [0.1, 0.15) is 0 Å². The van der Waals surface area contributed by atoms with Gasteiger partial charge >= 0.3 is 0 Å². The molecule has 0 spiro atoms. The highest BCUT2D eigenvalue weighted by Gasteiger charge is 2.38. The van der Waals surface area contributed by atoms with E-state index in [1.54, 1.807) is 30.3 Å². The van der Waals surface area contributed by atoms with Gasteiger partial charge in [-0.1, -0.05) is 29.8 Å². The van der Waals surface area contributed by atoms with Crippen molar-refractivity contribution in [2.75, 3.05) is 4.72 Å². The highest BCUT2D eigenvalue weighted by Crippen LogP contribution is 2.40. The highest BCUT2D eigenvalue weighted by atomic mass is 35.5. The van der Waals surface area contributed by atoms with Crippen LogP contribution in [0.15, 0.2) is 70.7 Å². The van der Waals surface area contributed by atoms with Crippen LogP contribution in [0.1, 0.15) is 23.2 Å². The fourth-order valence-corrected chi connectivity index (χ4v) is 4.62. The molecule has 1 saturated carbocycles. The summed E-state index contributed by atoms with van der Waals surface area (Å²) >= 11 is 5.82. The lowest BCUT2D eigenvalue weighted by Gasteiger charge is -2.31. The second-order valence-electron chi connectivity index (χ2n) is 6.82. The Morgan fingerprint density at radius 3 is 2.68 bits per heavy atom. The molecule has 0 aliphatic heterocycles. The number of anilines is 1. The standard InChI is InChI=1S/C20H18ClN3O3S/c21-15-7-9-16(10-8-15)24-28(26,27)17-5-1-4-14(11-17)20(25)23-22-19-12-13-3-2-6-18(13)19/h1-5,7-11,13,18,24H,6,12H2,(H,23,25)/b22-19+. The van der Waals surface area contributed by atoms with Crippen molar-refractivity contribution in [1.29, 1.82) is 0 Å². The van der Waals surface area contributed by atoms with E-state index in [-0.39, 0.29) is 10.5 Å². The topological polar surface area (TPSA) is 87.6 Å². The normalized spacial score (nSPS) is 21.8. The molecular weight excluding hydrogens is 398 g/mol. The van der Waals surface area contributed by atoms with Crippen molar-refractivity contribution in [2.24, 2.45) is 16.9 Å². The maximum absolute atomic E-state index is 12.6. The molecule has 0 heterocycles. The van der Waals surface area contributed by atoms with Gasteiger partial charge in [0.15, 0.2) is 0 Å². The first-order valence-electron chi connectivity index (χ1n) is 8.84. The van der Waals surface area contributed by atoms with Crippen LogP contribution in [-0.2, 0) is 10.0 Å². The lowest BCUT2D eigenvalue weighted by atomic mass is 9.74. The second kappa shape index (κ2) is 7.41. The Hall–Kier alpha value is -2.64. The van der Waals surface area contributed by atoms with E-state index in [0.29, 0.717) is 22.5 Å². The number of allylic oxidation sites excluding steroid dienone is 2. The van der Waals surface area contributed by atoms with Gasteiger partial charge in [0, 0.05) is 27.9 Å². The first-order valence-corrected chi connectivity index (χ1v) is 10.7. The number of amides is 1. The number of halogens is 1. The van der Waals surface area contributed by atoms with E-state index in [4.69, 9.17) is 11.6 Å². The van der Waals surface area contributed by atoms with Gasteiger partial charge in [-0.25, -0.2) is 13.8 Å². The molecule has 2 aliphatic rings. The molecule has 0 bridgehead atoms. The summed E-state index contributed by atoms with van der Waals surface area (Å²) in [6.07, 6.45) is 6.15. The molecule has 144 valence electrons. The minimum Gasteiger partial charge on any atom is -0.280 e. The maximum Gasteiger partial charge on any atom is 0.271 e. The van der Waals surface area contributed by atoms with Crippen LogP contribution in [0.5, 0.6) is 0 Å². The first-order chi connectivity index (χ1) is 13.4. The average molecular weight is 416 g/mol. The zero-order valence-electron chi connectivity index (χ0n) is 14.8. The smallest absolute Gasteiger partial charge is 0.271 e. The summed E-state index contributed by atoms with van der Waals surface area (Å²) in [4.78, 5) is 12.4. The van der Waals surface area contributed by atoms with Crippen molar-refractivity contribution in [3.05, 3.63) is 71.3 Å². The van der Waals surface area contributed by atoms with Crippen LogP contribution in [0.3, 0.4) is 0 Å². The maximum atomic E-state index is 12.6. The largest absolute Gasteiger partial charge is 0.280 e. The van der Waals surface area contributed by atoms with Crippen molar-refractivity contribution >= 4 is 38.9 Å². The molecule has 2 aromatic carbocycles. The summed E-state index contributed by atoms with van der Waals surface area (Å²) in [6, 6.07) is 12.2. The van der Waals surface area contributed by atoms with Gasteiger partial charge < -0.3 is 0 Å². The Kier molecular flexibility index (Phi) is 4.95. The van der Waals surface area contributed by atoms with Gasteiger partial charge in [-0.15, -0.1) is 0 Å². The van der Waals surface area contributed by atoms with Gasteiger partial charge in [-0.2, -0.15) is 5.10 Å². The number of rotatable bonds is 5. The monoisotopic (exact) mass is 415 g/mol. The highest BCUT2D eigenvalue weighted by molar-refractivity contribution is 7.92. The number of nitrogens with one attached hydrogen (secondary N) is 2. The number of nitrogens with zero attached hydrogens (tertiary/aromatic N) is 1. The van der Waals surface area contributed by atoms with Gasteiger partial charge in [0.05, 0.1) is 4.90 Å². The molecule has 1 amide bonds. The van der Waals surface area contributed by atoms with Crippen LogP contribution < -0.4 is 10.1 Å². The molecule has 0 aromatic heterocycles.